The average Bonchev–Trinajstić information content (AvgIpc) is 2.16. The molecule has 0 radical (unpaired) electrons. The van der Waals surface area contributed by atoms with Crippen molar-refractivity contribution < 1.29 is 9.59 Å². The van der Waals surface area contributed by atoms with E-state index < -0.39 is 6.03 Å². The second kappa shape index (κ2) is 8.96. The predicted molar refractivity (Wildman–Crippen MR) is 62.9 cm³/mol. The zero-order valence-corrected chi connectivity index (χ0v) is 10.0. The minimum absolute atomic E-state index is 0.0280. The van der Waals surface area contributed by atoms with Crippen LogP contribution in [-0.2, 0) is 4.79 Å². The molecule has 0 aliphatic heterocycles. The summed E-state index contributed by atoms with van der Waals surface area (Å²) in [5.74, 6) is 0.563. The van der Waals surface area contributed by atoms with Crippen molar-refractivity contribution in [1.82, 2.24) is 16.0 Å². The van der Waals surface area contributed by atoms with Crippen molar-refractivity contribution in [3.05, 3.63) is 0 Å². The summed E-state index contributed by atoms with van der Waals surface area (Å²) < 4.78 is 0. The molecule has 0 heterocycles. The zero-order chi connectivity index (χ0) is 12.4. The van der Waals surface area contributed by atoms with Crippen LogP contribution in [0.1, 0.15) is 20.3 Å². The quantitative estimate of drug-likeness (QED) is 0.419. The van der Waals surface area contributed by atoms with Gasteiger partial charge in [0.15, 0.2) is 0 Å². The SMILES string of the molecule is CC(C)CCNC(=O)CNCCNC(N)=O. The molecule has 0 aromatic rings. The first-order valence-corrected chi connectivity index (χ1v) is 5.53. The van der Waals surface area contributed by atoms with E-state index in [9.17, 15) is 9.59 Å². The van der Waals surface area contributed by atoms with Crippen molar-refractivity contribution in [2.45, 2.75) is 20.3 Å². The number of urea groups is 1. The third-order valence-electron chi connectivity index (χ3n) is 1.93. The highest BCUT2D eigenvalue weighted by Gasteiger charge is 2.00. The lowest BCUT2D eigenvalue weighted by Gasteiger charge is -2.08. The highest BCUT2D eigenvalue weighted by atomic mass is 16.2. The highest BCUT2D eigenvalue weighted by molar-refractivity contribution is 5.77. The van der Waals surface area contributed by atoms with Gasteiger partial charge >= 0.3 is 6.03 Å². The summed E-state index contributed by atoms with van der Waals surface area (Å²) in [6.45, 7) is 6.14. The number of primary amides is 1. The van der Waals surface area contributed by atoms with Crippen LogP contribution < -0.4 is 21.7 Å². The van der Waals surface area contributed by atoms with Gasteiger partial charge in [-0.2, -0.15) is 0 Å². The van der Waals surface area contributed by atoms with Crippen molar-refractivity contribution in [2.75, 3.05) is 26.2 Å². The van der Waals surface area contributed by atoms with Crippen LogP contribution in [0.3, 0.4) is 0 Å². The van der Waals surface area contributed by atoms with E-state index in [1.165, 1.54) is 0 Å². The highest BCUT2D eigenvalue weighted by Crippen LogP contribution is 1.95. The maximum absolute atomic E-state index is 11.2. The maximum atomic E-state index is 11.2. The number of nitrogens with two attached hydrogens (primary N) is 1. The Labute approximate surface area is 96.3 Å². The molecule has 0 unspecified atom stereocenters. The molecule has 0 spiro atoms. The molecule has 0 rings (SSSR count). The summed E-state index contributed by atoms with van der Waals surface area (Å²) >= 11 is 0. The van der Waals surface area contributed by atoms with E-state index in [2.05, 4.69) is 29.8 Å². The maximum Gasteiger partial charge on any atom is 0.312 e. The Kier molecular flexibility index (Phi) is 8.24. The van der Waals surface area contributed by atoms with Gasteiger partial charge in [-0.15, -0.1) is 0 Å². The van der Waals surface area contributed by atoms with Gasteiger partial charge in [-0.05, 0) is 12.3 Å². The van der Waals surface area contributed by atoms with Gasteiger partial charge in [0.25, 0.3) is 0 Å². The van der Waals surface area contributed by atoms with Crippen molar-refractivity contribution in [1.29, 1.82) is 0 Å². The number of hydrogen-bond acceptors (Lipinski definition) is 3. The summed E-state index contributed by atoms with van der Waals surface area (Å²) in [7, 11) is 0. The first-order valence-electron chi connectivity index (χ1n) is 5.53. The fraction of sp³-hybridized carbons (Fsp3) is 0.800. The molecule has 0 aliphatic rings. The van der Waals surface area contributed by atoms with Crippen LogP contribution in [0.5, 0.6) is 0 Å². The largest absolute Gasteiger partial charge is 0.355 e. The van der Waals surface area contributed by atoms with Crippen molar-refractivity contribution >= 4 is 11.9 Å². The minimum atomic E-state index is -0.553. The summed E-state index contributed by atoms with van der Waals surface area (Å²) in [6, 6.07) is -0.553. The Balaban J connectivity index is 3.27. The number of nitrogens with one attached hydrogen (secondary N) is 3. The van der Waals surface area contributed by atoms with Crippen LogP contribution in [0.2, 0.25) is 0 Å². The molecule has 94 valence electrons. The van der Waals surface area contributed by atoms with E-state index in [0.29, 0.717) is 25.6 Å². The Morgan fingerprint density at radius 2 is 1.81 bits per heavy atom. The number of carbonyl (C=O) groups excluding carboxylic acids is 2. The summed E-state index contributed by atoms with van der Waals surface area (Å²) in [5.41, 5.74) is 4.87. The van der Waals surface area contributed by atoms with Gasteiger partial charge in [-0.3, -0.25) is 4.79 Å². The lowest BCUT2D eigenvalue weighted by Crippen LogP contribution is -2.39. The number of amides is 3. The normalized spacial score (nSPS) is 10.2. The molecule has 0 aliphatic carbocycles. The number of hydrogen-bond donors (Lipinski definition) is 4. The summed E-state index contributed by atoms with van der Waals surface area (Å²) in [4.78, 5) is 21.5. The lowest BCUT2D eigenvalue weighted by atomic mass is 10.1. The van der Waals surface area contributed by atoms with Crippen molar-refractivity contribution in [3.8, 4) is 0 Å². The first-order chi connectivity index (χ1) is 7.52. The Morgan fingerprint density at radius 3 is 2.38 bits per heavy atom. The van der Waals surface area contributed by atoms with Gasteiger partial charge in [0.2, 0.25) is 5.91 Å². The minimum Gasteiger partial charge on any atom is -0.355 e. The van der Waals surface area contributed by atoms with E-state index in [-0.39, 0.29) is 12.5 Å². The van der Waals surface area contributed by atoms with Gasteiger partial charge in [-0.1, -0.05) is 13.8 Å². The standard InChI is InChI=1S/C10H22N4O2/c1-8(2)3-4-13-9(15)7-12-5-6-14-10(11)16/h8,12H,3-7H2,1-2H3,(H,13,15)(H3,11,14,16). The van der Waals surface area contributed by atoms with E-state index >= 15 is 0 Å². The van der Waals surface area contributed by atoms with Gasteiger partial charge in [0.05, 0.1) is 6.54 Å². The second-order valence-electron chi connectivity index (χ2n) is 4.00. The van der Waals surface area contributed by atoms with E-state index in [4.69, 9.17) is 5.73 Å². The molecular formula is C10H22N4O2. The molecule has 0 atom stereocenters. The third kappa shape index (κ3) is 10.8. The Bertz CT molecular complexity index is 219. The Hall–Kier alpha value is -1.30. The van der Waals surface area contributed by atoms with Crippen LogP contribution >= 0.6 is 0 Å². The smallest absolute Gasteiger partial charge is 0.312 e. The molecule has 0 fully saturated rings. The van der Waals surface area contributed by atoms with Crippen molar-refractivity contribution in [3.63, 3.8) is 0 Å². The fourth-order valence-corrected chi connectivity index (χ4v) is 1.04. The average molecular weight is 230 g/mol. The molecule has 0 aromatic carbocycles. The van der Waals surface area contributed by atoms with Gasteiger partial charge < -0.3 is 21.7 Å². The van der Waals surface area contributed by atoms with Crippen LogP contribution in [0.4, 0.5) is 4.79 Å². The molecule has 5 N–H and O–H groups in total. The van der Waals surface area contributed by atoms with Gasteiger partial charge in [-0.25, -0.2) is 4.79 Å². The van der Waals surface area contributed by atoms with Gasteiger partial charge in [0.1, 0.15) is 0 Å². The molecule has 6 nitrogen and oxygen atoms in total. The van der Waals surface area contributed by atoms with E-state index in [0.717, 1.165) is 6.42 Å². The van der Waals surface area contributed by atoms with Crippen LogP contribution in [0.15, 0.2) is 0 Å². The molecule has 16 heavy (non-hydrogen) atoms. The topological polar surface area (TPSA) is 96.2 Å². The second-order valence-corrected chi connectivity index (χ2v) is 4.00. The van der Waals surface area contributed by atoms with Crippen LogP contribution in [-0.4, -0.2) is 38.1 Å². The molecule has 0 bridgehead atoms. The predicted octanol–water partition coefficient (Wildman–Crippen LogP) is -0.593. The summed E-state index contributed by atoms with van der Waals surface area (Å²) in [6.07, 6.45) is 0.981. The Morgan fingerprint density at radius 1 is 1.12 bits per heavy atom. The van der Waals surface area contributed by atoms with Crippen LogP contribution in [0.25, 0.3) is 0 Å². The fourth-order valence-electron chi connectivity index (χ4n) is 1.04. The molecule has 6 heteroatoms. The molecule has 3 amide bonds. The third-order valence-corrected chi connectivity index (χ3v) is 1.93. The molecule has 0 saturated heterocycles. The van der Waals surface area contributed by atoms with Crippen LogP contribution in [0, 0.1) is 5.92 Å². The number of carbonyl (C=O) groups is 2. The molecule has 0 aromatic heterocycles. The lowest BCUT2D eigenvalue weighted by molar-refractivity contribution is -0.120. The zero-order valence-electron chi connectivity index (χ0n) is 10.0. The first kappa shape index (κ1) is 14.7. The molecular weight excluding hydrogens is 208 g/mol. The monoisotopic (exact) mass is 230 g/mol. The summed E-state index contributed by atoms with van der Waals surface area (Å²) in [5, 5.41) is 8.12. The molecule has 0 saturated carbocycles. The van der Waals surface area contributed by atoms with E-state index in [1.807, 2.05) is 0 Å². The number of rotatable bonds is 8. The van der Waals surface area contributed by atoms with E-state index in [1.54, 1.807) is 0 Å². The van der Waals surface area contributed by atoms with Gasteiger partial charge in [0, 0.05) is 19.6 Å². The van der Waals surface area contributed by atoms with Crippen molar-refractivity contribution in [2.24, 2.45) is 11.7 Å².